The third-order valence-electron chi connectivity index (χ3n) is 3.27. The van der Waals surface area contributed by atoms with Crippen molar-refractivity contribution in [2.45, 2.75) is 33.7 Å². The lowest BCUT2D eigenvalue weighted by atomic mass is 9.93. The van der Waals surface area contributed by atoms with Crippen molar-refractivity contribution in [2.24, 2.45) is 11.1 Å². The highest BCUT2D eigenvalue weighted by Gasteiger charge is 2.20. The molecule has 0 radical (unpaired) electrons. The van der Waals surface area contributed by atoms with Gasteiger partial charge in [-0.3, -0.25) is 15.0 Å². The summed E-state index contributed by atoms with van der Waals surface area (Å²) in [7, 11) is 0. The summed E-state index contributed by atoms with van der Waals surface area (Å²) in [6, 6.07) is 6.85. The highest BCUT2D eigenvalue weighted by Crippen LogP contribution is 2.19. The highest BCUT2D eigenvalue weighted by atomic mass is 16.6. The van der Waals surface area contributed by atoms with Crippen LogP contribution in [-0.4, -0.2) is 29.5 Å². The molecule has 1 aromatic rings. The van der Waals surface area contributed by atoms with Gasteiger partial charge in [0.2, 0.25) is 0 Å². The van der Waals surface area contributed by atoms with Gasteiger partial charge in [-0.1, -0.05) is 32.9 Å². The quantitative estimate of drug-likeness (QED) is 0.586. The number of nitro groups is 1. The molecule has 20 heavy (non-hydrogen) atoms. The third kappa shape index (κ3) is 5.27. The molecule has 0 bridgehead atoms. The molecular formula is C15H25N3O2. The van der Waals surface area contributed by atoms with Gasteiger partial charge in [0.25, 0.3) is 5.69 Å². The molecule has 0 aliphatic rings. The van der Waals surface area contributed by atoms with Crippen LogP contribution in [0.5, 0.6) is 0 Å². The van der Waals surface area contributed by atoms with Crippen molar-refractivity contribution in [2.75, 3.05) is 19.6 Å². The van der Waals surface area contributed by atoms with E-state index in [2.05, 4.69) is 25.7 Å². The Hall–Kier alpha value is -1.46. The van der Waals surface area contributed by atoms with Crippen LogP contribution in [0.2, 0.25) is 0 Å². The van der Waals surface area contributed by atoms with Gasteiger partial charge in [-0.15, -0.1) is 0 Å². The number of nitrogens with zero attached hydrogens (tertiary/aromatic N) is 2. The average molecular weight is 279 g/mol. The molecule has 1 aromatic carbocycles. The molecule has 0 atom stereocenters. The summed E-state index contributed by atoms with van der Waals surface area (Å²) in [5.74, 6) is 0. The van der Waals surface area contributed by atoms with Crippen molar-refractivity contribution in [3.63, 3.8) is 0 Å². The number of rotatable bonds is 8. The van der Waals surface area contributed by atoms with Crippen LogP contribution in [0.1, 0.15) is 32.8 Å². The van der Waals surface area contributed by atoms with Crippen LogP contribution in [0, 0.1) is 15.5 Å². The molecule has 0 aromatic heterocycles. The molecule has 0 heterocycles. The fraction of sp³-hybridized carbons (Fsp3) is 0.600. The number of nitro benzene ring substituents is 1. The molecule has 0 unspecified atom stereocenters. The third-order valence-corrected chi connectivity index (χ3v) is 3.27. The van der Waals surface area contributed by atoms with E-state index in [0.29, 0.717) is 6.54 Å². The van der Waals surface area contributed by atoms with Gasteiger partial charge in [0.1, 0.15) is 0 Å². The van der Waals surface area contributed by atoms with Gasteiger partial charge in [-0.25, -0.2) is 0 Å². The first-order valence-corrected chi connectivity index (χ1v) is 7.03. The summed E-state index contributed by atoms with van der Waals surface area (Å²) < 4.78 is 0. The molecule has 5 heteroatoms. The zero-order valence-electron chi connectivity index (χ0n) is 12.6. The first-order valence-electron chi connectivity index (χ1n) is 7.03. The lowest BCUT2D eigenvalue weighted by molar-refractivity contribution is -0.384. The van der Waals surface area contributed by atoms with E-state index in [9.17, 15) is 10.1 Å². The number of hydrogen-bond acceptors (Lipinski definition) is 4. The number of hydrogen-bond donors (Lipinski definition) is 1. The Morgan fingerprint density at radius 2 is 2.10 bits per heavy atom. The maximum absolute atomic E-state index is 10.8. The van der Waals surface area contributed by atoms with Gasteiger partial charge in [-0.05, 0) is 30.5 Å². The standard InChI is InChI=1S/C15H25N3O2/c1-4-8-17(12-15(2,3)11-16)10-13-6-5-7-14(9-13)18(19)20/h5-7,9H,4,8,10-12,16H2,1-3H3. The normalized spacial score (nSPS) is 11.8. The zero-order chi connectivity index (χ0) is 15.2. The molecule has 112 valence electrons. The van der Waals surface area contributed by atoms with Gasteiger partial charge in [0.05, 0.1) is 4.92 Å². The van der Waals surface area contributed by atoms with Gasteiger partial charge in [0, 0.05) is 25.2 Å². The van der Waals surface area contributed by atoms with Crippen LogP contribution in [0.4, 0.5) is 5.69 Å². The summed E-state index contributed by atoms with van der Waals surface area (Å²) in [6.07, 6.45) is 1.05. The highest BCUT2D eigenvalue weighted by molar-refractivity contribution is 5.34. The first kappa shape index (κ1) is 16.6. The Morgan fingerprint density at radius 3 is 2.65 bits per heavy atom. The summed E-state index contributed by atoms with van der Waals surface area (Å²) in [5, 5.41) is 10.8. The largest absolute Gasteiger partial charge is 0.330 e. The van der Waals surface area contributed by atoms with Gasteiger partial charge >= 0.3 is 0 Å². The summed E-state index contributed by atoms with van der Waals surface area (Å²) >= 11 is 0. The molecule has 0 amide bonds. The Morgan fingerprint density at radius 1 is 1.40 bits per heavy atom. The van der Waals surface area contributed by atoms with Crippen LogP contribution in [0.15, 0.2) is 24.3 Å². The van der Waals surface area contributed by atoms with Gasteiger partial charge in [0.15, 0.2) is 0 Å². The summed E-state index contributed by atoms with van der Waals surface area (Å²) in [4.78, 5) is 12.8. The molecular weight excluding hydrogens is 254 g/mol. The number of non-ortho nitro benzene ring substituents is 1. The SMILES string of the molecule is CCCN(Cc1cccc([N+](=O)[O-])c1)CC(C)(C)CN. The second kappa shape index (κ2) is 7.36. The Labute approximate surface area is 120 Å². The minimum absolute atomic E-state index is 0.0515. The lowest BCUT2D eigenvalue weighted by Crippen LogP contribution is -2.38. The smallest absolute Gasteiger partial charge is 0.269 e. The molecule has 0 saturated carbocycles. The van der Waals surface area contributed by atoms with Crippen LogP contribution in [-0.2, 0) is 6.54 Å². The van der Waals surface area contributed by atoms with Crippen molar-refractivity contribution in [1.29, 1.82) is 0 Å². The zero-order valence-corrected chi connectivity index (χ0v) is 12.6. The first-order chi connectivity index (χ1) is 9.38. The van der Waals surface area contributed by atoms with Crippen molar-refractivity contribution in [3.8, 4) is 0 Å². The van der Waals surface area contributed by atoms with Gasteiger partial charge in [-0.2, -0.15) is 0 Å². The van der Waals surface area contributed by atoms with E-state index >= 15 is 0 Å². The predicted molar refractivity (Wildman–Crippen MR) is 81.5 cm³/mol. The lowest BCUT2D eigenvalue weighted by Gasteiger charge is -2.31. The fourth-order valence-corrected chi connectivity index (χ4v) is 2.23. The second-order valence-corrected chi connectivity index (χ2v) is 6.01. The fourth-order valence-electron chi connectivity index (χ4n) is 2.23. The molecule has 0 fully saturated rings. The number of benzene rings is 1. The maximum atomic E-state index is 10.8. The molecule has 0 aliphatic carbocycles. The summed E-state index contributed by atoms with van der Waals surface area (Å²) in [5.41, 5.74) is 6.97. The minimum atomic E-state index is -0.350. The van der Waals surface area contributed by atoms with E-state index in [1.807, 2.05) is 6.07 Å². The molecule has 0 spiro atoms. The van der Waals surface area contributed by atoms with Crippen molar-refractivity contribution < 1.29 is 4.92 Å². The molecule has 5 nitrogen and oxygen atoms in total. The van der Waals surface area contributed by atoms with E-state index in [4.69, 9.17) is 5.73 Å². The Bertz CT molecular complexity index is 446. The van der Waals surface area contributed by atoms with E-state index in [1.54, 1.807) is 12.1 Å². The van der Waals surface area contributed by atoms with Crippen LogP contribution >= 0.6 is 0 Å². The minimum Gasteiger partial charge on any atom is -0.330 e. The van der Waals surface area contributed by atoms with Crippen LogP contribution in [0.25, 0.3) is 0 Å². The van der Waals surface area contributed by atoms with E-state index in [-0.39, 0.29) is 16.0 Å². The average Bonchev–Trinajstić information content (AvgIpc) is 2.39. The van der Waals surface area contributed by atoms with Crippen molar-refractivity contribution >= 4 is 5.69 Å². The topological polar surface area (TPSA) is 72.4 Å². The Balaban J connectivity index is 2.79. The molecule has 1 rings (SSSR count). The van der Waals surface area contributed by atoms with Crippen molar-refractivity contribution in [3.05, 3.63) is 39.9 Å². The second-order valence-electron chi connectivity index (χ2n) is 6.01. The van der Waals surface area contributed by atoms with Crippen LogP contribution in [0.3, 0.4) is 0 Å². The maximum Gasteiger partial charge on any atom is 0.269 e. The van der Waals surface area contributed by atoms with E-state index in [1.165, 1.54) is 6.07 Å². The Kier molecular flexibility index (Phi) is 6.10. The van der Waals surface area contributed by atoms with Gasteiger partial charge < -0.3 is 5.73 Å². The van der Waals surface area contributed by atoms with E-state index < -0.39 is 0 Å². The van der Waals surface area contributed by atoms with Crippen LogP contribution < -0.4 is 5.73 Å². The predicted octanol–water partition coefficient (Wildman–Crippen LogP) is 2.79. The van der Waals surface area contributed by atoms with Crippen molar-refractivity contribution in [1.82, 2.24) is 4.90 Å². The number of nitrogens with two attached hydrogens (primary N) is 1. The van der Waals surface area contributed by atoms with E-state index in [0.717, 1.165) is 31.6 Å². The summed E-state index contributed by atoms with van der Waals surface area (Å²) in [6.45, 7) is 9.62. The molecule has 0 aliphatic heterocycles. The monoisotopic (exact) mass is 279 g/mol. The molecule has 0 saturated heterocycles. The molecule has 2 N–H and O–H groups in total.